The van der Waals surface area contributed by atoms with Gasteiger partial charge in [0.25, 0.3) is 0 Å². The predicted octanol–water partition coefficient (Wildman–Crippen LogP) is 4.90. The first-order chi connectivity index (χ1) is 16.0. The predicted molar refractivity (Wildman–Crippen MR) is 132 cm³/mol. The number of phenols is 1. The number of anilines is 1. The lowest BCUT2D eigenvalue weighted by Gasteiger charge is -2.27. The highest BCUT2D eigenvalue weighted by atomic mass is 35.5. The van der Waals surface area contributed by atoms with E-state index >= 15 is 0 Å². The fourth-order valence-corrected chi connectivity index (χ4v) is 3.97. The van der Waals surface area contributed by atoms with Gasteiger partial charge in [-0.15, -0.1) is 0 Å². The maximum absolute atomic E-state index is 11.4. The van der Waals surface area contributed by atoms with Crippen molar-refractivity contribution in [2.75, 3.05) is 17.6 Å². The molecule has 0 unspecified atom stereocenters. The fraction of sp³-hybridized carbons (Fsp3) is 0.333. The molecule has 0 bridgehead atoms. The summed E-state index contributed by atoms with van der Waals surface area (Å²) >= 11 is 6.38. The summed E-state index contributed by atoms with van der Waals surface area (Å²) in [4.78, 5) is 8.03. The molecule has 8 nitrogen and oxygen atoms in total. The number of hydrogen-bond acceptors (Lipinski definition) is 7. The van der Waals surface area contributed by atoms with Gasteiger partial charge in [-0.05, 0) is 47.9 Å². The van der Waals surface area contributed by atoms with Crippen LogP contribution in [0, 0.1) is 0 Å². The van der Waals surface area contributed by atoms with Gasteiger partial charge >= 0.3 is 0 Å². The van der Waals surface area contributed by atoms with E-state index in [1.54, 1.807) is 12.1 Å². The Labute approximate surface area is 205 Å². The van der Waals surface area contributed by atoms with Crippen LogP contribution in [0.4, 0.5) is 5.95 Å². The van der Waals surface area contributed by atoms with Crippen LogP contribution < -0.4 is 14.2 Å². The summed E-state index contributed by atoms with van der Waals surface area (Å²) < 4.78 is 36.3. The van der Waals surface area contributed by atoms with Crippen LogP contribution in [-0.2, 0) is 22.0 Å². The number of benzene rings is 2. The first-order valence-electron chi connectivity index (χ1n) is 10.7. The van der Waals surface area contributed by atoms with Gasteiger partial charge in [0, 0.05) is 11.6 Å². The normalized spacial score (nSPS) is 11.8. The van der Waals surface area contributed by atoms with E-state index in [0.717, 1.165) is 23.8 Å². The zero-order valence-electron chi connectivity index (χ0n) is 19.5. The van der Waals surface area contributed by atoms with E-state index < -0.39 is 15.4 Å². The zero-order valence-corrected chi connectivity index (χ0v) is 21.1. The lowest BCUT2D eigenvalue weighted by molar-refractivity contribution is 0.299. The summed E-state index contributed by atoms with van der Waals surface area (Å²) in [7, 11) is -3.46. The molecule has 182 valence electrons. The number of sulfonamides is 1. The summed E-state index contributed by atoms with van der Waals surface area (Å²) in [5.41, 5.74) is 1.93. The maximum atomic E-state index is 11.4. The topological polar surface area (TPSA) is 111 Å². The van der Waals surface area contributed by atoms with Crippen molar-refractivity contribution in [3.05, 3.63) is 70.5 Å². The number of phenolic OH excluding ortho intramolecular Hbond substituents is 1. The van der Waals surface area contributed by atoms with Crippen LogP contribution >= 0.6 is 11.6 Å². The van der Waals surface area contributed by atoms with E-state index in [1.165, 1.54) is 6.20 Å². The molecule has 0 saturated carbocycles. The first-order valence-corrected chi connectivity index (χ1v) is 13.0. The van der Waals surface area contributed by atoms with Gasteiger partial charge in [0.2, 0.25) is 16.0 Å². The number of hydrogen-bond donors (Lipinski definition) is 2. The number of aromatic nitrogens is 2. The van der Waals surface area contributed by atoms with Crippen molar-refractivity contribution >= 4 is 27.6 Å². The van der Waals surface area contributed by atoms with Crippen LogP contribution in [0.5, 0.6) is 17.2 Å². The molecule has 0 amide bonds. The Kier molecular flexibility index (Phi) is 7.89. The van der Waals surface area contributed by atoms with Gasteiger partial charge in [-0.2, -0.15) is 0 Å². The lowest BCUT2D eigenvalue weighted by Crippen LogP contribution is -2.19. The second-order valence-corrected chi connectivity index (χ2v) is 10.5. The third-order valence-corrected chi connectivity index (χ3v) is 5.98. The molecule has 2 aromatic carbocycles. The molecule has 0 aliphatic carbocycles. The van der Waals surface area contributed by atoms with Crippen LogP contribution in [0.3, 0.4) is 0 Å². The number of rotatable bonds is 10. The maximum Gasteiger partial charge on any atom is 0.236 e. The molecule has 0 aliphatic rings. The van der Waals surface area contributed by atoms with Crippen LogP contribution in [0.1, 0.15) is 44.0 Å². The van der Waals surface area contributed by atoms with Crippen molar-refractivity contribution in [3.8, 4) is 17.2 Å². The van der Waals surface area contributed by atoms with Crippen molar-refractivity contribution in [2.45, 2.75) is 39.2 Å². The number of ether oxygens (including phenoxy) is 2. The highest BCUT2D eigenvalue weighted by molar-refractivity contribution is 7.91. The Morgan fingerprint density at radius 1 is 1.09 bits per heavy atom. The van der Waals surface area contributed by atoms with Gasteiger partial charge in [0.1, 0.15) is 12.4 Å². The second-order valence-electron chi connectivity index (χ2n) is 8.34. The van der Waals surface area contributed by atoms with Crippen molar-refractivity contribution in [2.24, 2.45) is 0 Å². The summed E-state index contributed by atoms with van der Waals surface area (Å²) in [5, 5.41) is 10.8. The zero-order chi connectivity index (χ0) is 24.9. The van der Waals surface area contributed by atoms with E-state index in [4.69, 9.17) is 21.1 Å². The minimum absolute atomic E-state index is 0.00581. The molecular weight excluding hydrogens is 478 g/mol. The molecule has 10 heteroatoms. The van der Waals surface area contributed by atoms with Gasteiger partial charge in [0.15, 0.2) is 11.5 Å². The van der Waals surface area contributed by atoms with Gasteiger partial charge in [-0.1, -0.05) is 44.5 Å². The monoisotopic (exact) mass is 505 g/mol. The number of nitrogens with zero attached hydrogens (tertiary/aromatic N) is 2. The average molecular weight is 506 g/mol. The Morgan fingerprint density at radius 3 is 2.41 bits per heavy atom. The SMILES string of the molecule is CCCOc1c(O)cc(C(C)(C)c2ccc(OCc3ccnc(NS(C)(=O)=O)n3)cc2)cc1Cl. The second kappa shape index (κ2) is 10.5. The quantitative estimate of drug-likeness (QED) is 0.403. The molecule has 0 atom stereocenters. The summed E-state index contributed by atoms with van der Waals surface area (Å²) in [6.07, 6.45) is 3.31. The van der Waals surface area contributed by atoms with Gasteiger partial charge in [-0.3, -0.25) is 4.72 Å². The van der Waals surface area contributed by atoms with Gasteiger partial charge < -0.3 is 14.6 Å². The first kappa shape index (κ1) is 25.6. The Hall–Kier alpha value is -3.04. The van der Waals surface area contributed by atoms with Crippen molar-refractivity contribution < 1.29 is 23.0 Å². The summed E-state index contributed by atoms with van der Waals surface area (Å²) in [6, 6.07) is 12.7. The van der Waals surface area contributed by atoms with Crippen molar-refractivity contribution in [3.63, 3.8) is 0 Å². The number of halogens is 1. The molecule has 2 N–H and O–H groups in total. The molecule has 0 fully saturated rings. The minimum Gasteiger partial charge on any atom is -0.504 e. The Bertz CT molecular complexity index is 1220. The standard InChI is InChI=1S/C24H28ClN3O5S/c1-5-12-32-22-20(25)13-17(14-21(22)29)24(2,3)16-6-8-19(9-7-16)33-15-18-10-11-26-23(27-18)28-34(4,30)31/h6-11,13-14,29H,5,12,15H2,1-4H3,(H,26,27,28). The third-order valence-electron chi connectivity index (χ3n) is 5.15. The summed E-state index contributed by atoms with van der Waals surface area (Å²) in [5.74, 6) is 0.929. The smallest absolute Gasteiger partial charge is 0.236 e. The third kappa shape index (κ3) is 6.51. The molecule has 0 radical (unpaired) electrons. The lowest BCUT2D eigenvalue weighted by atomic mass is 9.78. The van der Waals surface area contributed by atoms with E-state index in [2.05, 4.69) is 14.7 Å². The summed E-state index contributed by atoms with van der Waals surface area (Å²) in [6.45, 7) is 6.68. The van der Waals surface area contributed by atoms with E-state index in [1.807, 2.05) is 51.1 Å². The average Bonchev–Trinajstić information content (AvgIpc) is 2.76. The van der Waals surface area contributed by atoms with Crippen LogP contribution in [0.15, 0.2) is 48.7 Å². The van der Waals surface area contributed by atoms with Crippen molar-refractivity contribution in [1.29, 1.82) is 0 Å². The highest BCUT2D eigenvalue weighted by Crippen LogP contribution is 2.41. The molecule has 1 heterocycles. The Morgan fingerprint density at radius 2 is 1.79 bits per heavy atom. The molecular formula is C24H28ClN3O5S. The molecule has 0 saturated heterocycles. The van der Waals surface area contributed by atoms with E-state index in [9.17, 15) is 13.5 Å². The van der Waals surface area contributed by atoms with E-state index in [0.29, 0.717) is 28.8 Å². The molecule has 3 rings (SSSR count). The number of nitrogens with one attached hydrogen (secondary N) is 1. The van der Waals surface area contributed by atoms with Crippen molar-refractivity contribution in [1.82, 2.24) is 9.97 Å². The molecule has 34 heavy (non-hydrogen) atoms. The van der Waals surface area contributed by atoms with Crippen LogP contribution in [0.25, 0.3) is 0 Å². The highest BCUT2D eigenvalue weighted by Gasteiger charge is 2.26. The fourth-order valence-electron chi connectivity index (χ4n) is 3.27. The van der Waals surface area contributed by atoms with Gasteiger partial charge in [-0.25, -0.2) is 18.4 Å². The van der Waals surface area contributed by atoms with Crippen LogP contribution in [0.2, 0.25) is 5.02 Å². The molecule has 0 aliphatic heterocycles. The largest absolute Gasteiger partial charge is 0.504 e. The van der Waals surface area contributed by atoms with Gasteiger partial charge in [0.05, 0.1) is 23.6 Å². The Balaban J connectivity index is 1.72. The minimum atomic E-state index is -3.46. The van der Waals surface area contributed by atoms with Crippen LogP contribution in [-0.4, -0.2) is 36.4 Å². The molecule has 3 aromatic rings. The molecule has 0 spiro atoms. The molecule has 1 aromatic heterocycles. The number of aromatic hydroxyl groups is 1. The van der Waals surface area contributed by atoms with E-state index in [-0.39, 0.29) is 18.3 Å².